The lowest BCUT2D eigenvalue weighted by Crippen LogP contribution is -2.28. The highest BCUT2D eigenvalue weighted by Crippen LogP contribution is 2.30. The lowest BCUT2D eigenvalue weighted by atomic mass is 10.2. The number of carbonyl (C=O) groups excluding carboxylic acids is 2. The van der Waals surface area contributed by atoms with Gasteiger partial charge in [-0.25, -0.2) is 0 Å². The summed E-state index contributed by atoms with van der Waals surface area (Å²) in [4.78, 5) is 25.8. The number of nitrogens with one attached hydrogen (secondary N) is 1. The van der Waals surface area contributed by atoms with Crippen LogP contribution < -0.4 is 16.8 Å². The summed E-state index contributed by atoms with van der Waals surface area (Å²) in [7, 11) is 1.60. The Hall–Kier alpha value is -1.85. The first-order chi connectivity index (χ1) is 7.06. The van der Waals surface area contributed by atoms with E-state index < -0.39 is 5.91 Å². The fraction of sp³-hybridized carbons (Fsp3) is 0.444. The number of aliphatic imine (C=N–C) groups is 1. The number of primary amides is 1. The van der Waals surface area contributed by atoms with Crippen molar-refractivity contribution >= 4 is 17.6 Å². The van der Waals surface area contributed by atoms with Gasteiger partial charge in [-0.1, -0.05) is 0 Å². The molecule has 6 heteroatoms. The summed E-state index contributed by atoms with van der Waals surface area (Å²) in [5, 5.41) is 2.61. The summed E-state index contributed by atoms with van der Waals surface area (Å²) in [6, 6.07) is 0. The Labute approximate surface area is 87.4 Å². The average Bonchev–Trinajstić information content (AvgIpc) is 2.95. The molecule has 0 aromatic rings. The Morgan fingerprint density at radius 1 is 1.40 bits per heavy atom. The fourth-order valence-corrected chi connectivity index (χ4v) is 1.02. The van der Waals surface area contributed by atoms with E-state index in [-0.39, 0.29) is 23.2 Å². The summed E-state index contributed by atoms with van der Waals surface area (Å²) in [6.45, 7) is 0. The van der Waals surface area contributed by atoms with E-state index in [1.807, 2.05) is 0 Å². The number of amides is 2. The van der Waals surface area contributed by atoms with E-state index in [9.17, 15) is 9.59 Å². The quantitative estimate of drug-likeness (QED) is 0.309. The van der Waals surface area contributed by atoms with Gasteiger partial charge in [0.05, 0.1) is 5.57 Å². The van der Waals surface area contributed by atoms with Crippen LogP contribution in [0.1, 0.15) is 12.8 Å². The molecule has 0 bridgehead atoms. The molecule has 0 radical (unpaired) electrons. The third-order valence-corrected chi connectivity index (χ3v) is 1.99. The van der Waals surface area contributed by atoms with Crippen LogP contribution in [0.4, 0.5) is 0 Å². The van der Waals surface area contributed by atoms with Crippen molar-refractivity contribution in [2.45, 2.75) is 12.8 Å². The van der Waals surface area contributed by atoms with Crippen LogP contribution in [-0.2, 0) is 9.59 Å². The van der Waals surface area contributed by atoms with Crippen LogP contribution in [0.5, 0.6) is 0 Å². The second-order valence-electron chi connectivity index (χ2n) is 3.32. The molecule has 0 atom stereocenters. The molecule has 15 heavy (non-hydrogen) atoms. The van der Waals surface area contributed by atoms with Crippen LogP contribution in [0, 0.1) is 5.92 Å². The van der Waals surface area contributed by atoms with Gasteiger partial charge in [-0.2, -0.15) is 4.99 Å². The number of carbonyl (C=O) groups is 2. The van der Waals surface area contributed by atoms with Gasteiger partial charge in [0.1, 0.15) is 5.84 Å². The monoisotopic (exact) mass is 210 g/mol. The highest BCUT2D eigenvalue weighted by Gasteiger charge is 2.30. The highest BCUT2D eigenvalue weighted by molar-refractivity contribution is 6.21. The molecule has 6 nitrogen and oxygen atoms in total. The van der Waals surface area contributed by atoms with E-state index in [4.69, 9.17) is 11.5 Å². The van der Waals surface area contributed by atoms with Crippen molar-refractivity contribution in [2.24, 2.45) is 22.4 Å². The molecule has 0 unspecified atom stereocenters. The zero-order valence-electron chi connectivity index (χ0n) is 8.49. The molecule has 1 fully saturated rings. The van der Waals surface area contributed by atoms with Crippen molar-refractivity contribution in [1.82, 2.24) is 5.32 Å². The predicted molar refractivity (Wildman–Crippen MR) is 55.7 cm³/mol. The van der Waals surface area contributed by atoms with Crippen LogP contribution in [0.25, 0.3) is 0 Å². The van der Waals surface area contributed by atoms with Gasteiger partial charge in [0, 0.05) is 19.2 Å². The maximum atomic E-state index is 11.3. The number of rotatable bonds is 4. The van der Waals surface area contributed by atoms with E-state index in [2.05, 4.69) is 10.3 Å². The molecule has 5 N–H and O–H groups in total. The molecule has 0 spiro atoms. The smallest absolute Gasteiger partial charge is 0.253 e. The van der Waals surface area contributed by atoms with Gasteiger partial charge in [0.25, 0.3) is 11.8 Å². The van der Waals surface area contributed by atoms with E-state index in [1.54, 1.807) is 7.05 Å². The first kappa shape index (κ1) is 11.2. The van der Waals surface area contributed by atoms with Crippen molar-refractivity contribution in [3.05, 3.63) is 11.8 Å². The molecule has 82 valence electrons. The Morgan fingerprint density at radius 3 is 2.40 bits per heavy atom. The summed E-state index contributed by atoms with van der Waals surface area (Å²) in [5.41, 5.74) is 10.6. The summed E-state index contributed by atoms with van der Waals surface area (Å²) in [5.74, 6) is -1.15. The van der Waals surface area contributed by atoms with Crippen molar-refractivity contribution in [1.29, 1.82) is 0 Å². The SMILES string of the molecule is CN/C=C(/C(N)=O)C(N)=NC(=O)C1CC1. The number of hydrogen-bond acceptors (Lipinski definition) is 3. The molecule has 1 saturated carbocycles. The van der Waals surface area contributed by atoms with Crippen molar-refractivity contribution in [3.63, 3.8) is 0 Å². The predicted octanol–water partition coefficient (Wildman–Crippen LogP) is -1.13. The molecule has 0 heterocycles. The lowest BCUT2D eigenvalue weighted by molar-refractivity contribution is -0.118. The van der Waals surface area contributed by atoms with Gasteiger partial charge >= 0.3 is 0 Å². The van der Waals surface area contributed by atoms with Gasteiger partial charge in [0.15, 0.2) is 0 Å². The largest absolute Gasteiger partial charge is 0.393 e. The van der Waals surface area contributed by atoms with E-state index in [0.29, 0.717) is 0 Å². The van der Waals surface area contributed by atoms with Crippen molar-refractivity contribution < 1.29 is 9.59 Å². The normalized spacial score (nSPS) is 17.4. The van der Waals surface area contributed by atoms with Crippen LogP contribution in [0.3, 0.4) is 0 Å². The third kappa shape index (κ3) is 3.08. The first-order valence-corrected chi connectivity index (χ1v) is 4.62. The van der Waals surface area contributed by atoms with Crippen LogP contribution in [0.2, 0.25) is 0 Å². The topological polar surface area (TPSA) is 111 Å². The molecule has 0 aromatic heterocycles. The van der Waals surface area contributed by atoms with Gasteiger partial charge in [-0.3, -0.25) is 9.59 Å². The number of amidine groups is 1. The molecular formula is C9H14N4O2. The maximum absolute atomic E-state index is 11.3. The molecule has 0 aromatic carbocycles. The van der Waals surface area contributed by atoms with Crippen molar-refractivity contribution in [2.75, 3.05) is 7.05 Å². The highest BCUT2D eigenvalue weighted by atomic mass is 16.2. The standard InChI is InChI=1S/C9H14N4O2/c1-12-4-6(8(11)14)7(10)13-9(15)5-2-3-5/h4-5,12H,2-3H2,1H3,(H2,11,14)(H2,10,13,15)/b6-4+. The Bertz CT molecular complexity index is 342. The minimum atomic E-state index is -0.714. The molecular weight excluding hydrogens is 196 g/mol. The molecule has 1 rings (SSSR count). The summed E-state index contributed by atoms with van der Waals surface area (Å²) < 4.78 is 0. The van der Waals surface area contributed by atoms with Gasteiger partial charge in [-0.05, 0) is 12.8 Å². The number of nitrogens with zero attached hydrogens (tertiary/aromatic N) is 1. The zero-order chi connectivity index (χ0) is 11.4. The zero-order valence-corrected chi connectivity index (χ0v) is 8.49. The van der Waals surface area contributed by atoms with Crippen LogP contribution >= 0.6 is 0 Å². The number of nitrogens with two attached hydrogens (primary N) is 2. The maximum Gasteiger partial charge on any atom is 0.253 e. The fourth-order valence-electron chi connectivity index (χ4n) is 1.02. The number of hydrogen-bond donors (Lipinski definition) is 3. The molecule has 1 aliphatic carbocycles. The van der Waals surface area contributed by atoms with Crippen molar-refractivity contribution in [3.8, 4) is 0 Å². The Balaban J connectivity index is 2.78. The molecule has 2 amide bonds. The third-order valence-electron chi connectivity index (χ3n) is 1.99. The minimum Gasteiger partial charge on any atom is -0.393 e. The van der Waals surface area contributed by atoms with E-state index in [1.165, 1.54) is 6.20 Å². The van der Waals surface area contributed by atoms with Gasteiger partial charge in [0.2, 0.25) is 0 Å². The Kier molecular flexibility index (Phi) is 3.43. The molecule has 1 aliphatic rings. The van der Waals surface area contributed by atoms with Gasteiger partial charge < -0.3 is 16.8 Å². The van der Waals surface area contributed by atoms with Gasteiger partial charge in [-0.15, -0.1) is 0 Å². The summed E-state index contributed by atoms with van der Waals surface area (Å²) in [6.07, 6.45) is 3.01. The average molecular weight is 210 g/mol. The molecule has 0 saturated heterocycles. The van der Waals surface area contributed by atoms with E-state index in [0.717, 1.165) is 12.8 Å². The second kappa shape index (κ2) is 4.59. The Morgan fingerprint density at radius 2 is 2.00 bits per heavy atom. The molecule has 0 aliphatic heterocycles. The first-order valence-electron chi connectivity index (χ1n) is 4.62. The summed E-state index contributed by atoms with van der Waals surface area (Å²) >= 11 is 0. The van der Waals surface area contributed by atoms with E-state index >= 15 is 0 Å². The minimum absolute atomic E-state index is 0.0199. The second-order valence-corrected chi connectivity index (χ2v) is 3.32. The van der Waals surface area contributed by atoms with Crippen LogP contribution in [0.15, 0.2) is 16.8 Å². The lowest BCUT2D eigenvalue weighted by Gasteiger charge is -2.01. The van der Waals surface area contributed by atoms with Crippen LogP contribution in [-0.4, -0.2) is 24.7 Å².